The minimum atomic E-state index is -0.698. The zero-order valence-corrected chi connectivity index (χ0v) is 15.0. The van der Waals surface area contributed by atoms with Gasteiger partial charge in [0.05, 0.1) is 37.4 Å². The van der Waals surface area contributed by atoms with E-state index in [1.165, 1.54) is 44.6 Å². The van der Waals surface area contributed by atoms with Crippen molar-refractivity contribution in [3.05, 3.63) is 57.6 Å². The van der Waals surface area contributed by atoms with Crippen LogP contribution in [0.5, 0.6) is 11.5 Å². The number of anilines is 1. The third-order valence-corrected chi connectivity index (χ3v) is 3.59. The molecule has 142 valence electrons. The summed E-state index contributed by atoms with van der Waals surface area (Å²) in [6.07, 6.45) is 0. The molecule has 0 aliphatic heterocycles. The number of hydrogen-bond donors (Lipinski definition) is 1. The van der Waals surface area contributed by atoms with E-state index in [1.54, 1.807) is 6.92 Å². The standard InChI is InChI=1S/C18H18N2O7/c1-4-27-16-9-13(14(20(23)24)10-15(16)25-2)17(21)19-12-7-5-11(6-8-12)18(22)26-3/h5-10H,4H2,1-3H3,(H,19,21). The summed E-state index contributed by atoms with van der Waals surface area (Å²) in [5.41, 5.74) is 0.0700. The summed E-state index contributed by atoms with van der Waals surface area (Å²) in [4.78, 5) is 34.7. The molecular weight excluding hydrogens is 356 g/mol. The lowest BCUT2D eigenvalue weighted by Crippen LogP contribution is -2.15. The summed E-state index contributed by atoms with van der Waals surface area (Å²) in [5.74, 6) is -0.838. The third-order valence-electron chi connectivity index (χ3n) is 3.59. The first-order valence-electron chi connectivity index (χ1n) is 7.90. The predicted molar refractivity (Wildman–Crippen MR) is 96.6 cm³/mol. The van der Waals surface area contributed by atoms with Gasteiger partial charge in [-0.05, 0) is 31.2 Å². The molecule has 0 atom stereocenters. The number of benzene rings is 2. The van der Waals surface area contributed by atoms with Crippen molar-refractivity contribution >= 4 is 23.3 Å². The Bertz CT molecular complexity index is 863. The van der Waals surface area contributed by atoms with Crippen LogP contribution in [0.4, 0.5) is 11.4 Å². The number of nitrogens with one attached hydrogen (secondary N) is 1. The van der Waals surface area contributed by atoms with Crippen molar-refractivity contribution in [1.29, 1.82) is 0 Å². The molecule has 2 aromatic rings. The quantitative estimate of drug-likeness (QED) is 0.450. The van der Waals surface area contributed by atoms with Gasteiger partial charge in [0, 0.05) is 11.8 Å². The third kappa shape index (κ3) is 4.51. The molecule has 2 rings (SSSR count). The van der Waals surface area contributed by atoms with E-state index in [4.69, 9.17) is 9.47 Å². The van der Waals surface area contributed by atoms with Gasteiger partial charge in [0.15, 0.2) is 11.5 Å². The normalized spacial score (nSPS) is 10.0. The summed E-state index contributed by atoms with van der Waals surface area (Å²) in [5, 5.41) is 13.9. The Kier molecular flexibility index (Phi) is 6.32. The van der Waals surface area contributed by atoms with Crippen molar-refractivity contribution < 1.29 is 28.7 Å². The SMILES string of the molecule is CCOc1cc(C(=O)Nc2ccc(C(=O)OC)cc2)c([N+](=O)[O-])cc1OC. The highest BCUT2D eigenvalue weighted by Crippen LogP contribution is 2.35. The lowest BCUT2D eigenvalue weighted by Gasteiger charge is -2.12. The average molecular weight is 374 g/mol. The van der Waals surface area contributed by atoms with Crippen molar-refractivity contribution in [2.45, 2.75) is 6.92 Å². The average Bonchev–Trinajstić information content (AvgIpc) is 2.67. The van der Waals surface area contributed by atoms with Crippen molar-refractivity contribution in [3.63, 3.8) is 0 Å². The molecule has 0 spiro atoms. The summed E-state index contributed by atoms with van der Waals surface area (Å²) in [6.45, 7) is 2.04. The molecule has 0 radical (unpaired) electrons. The van der Waals surface area contributed by atoms with Gasteiger partial charge in [-0.25, -0.2) is 4.79 Å². The Morgan fingerprint density at radius 2 is 1.78 bits per heavy atom. The first kappa shape index (κ1) is 19.7. The van der Waals surface area contributed by atoms with Crippen LogP contribution < -0.4 is 14.8 Å². The molecule has 9 heteroatoms. The Morgan fingerprint density at radius 1 is 1.11 bits per heavy atom. The fourth-order valence-corrected chi connectivity index (χ4v) is 2.32. The number of rotatable bonds is 7. The summed E-state index contributed by atoms with van der Waals surface area (Å²) in [6, 6.07) is 8.32. The summed E-state index contributed by atoms with van der Waals surface area (Å²) >= 11 is 0. The smallest absolute Gasteiger partial charge is 0.337 e. The number of nitro groups is 1. The van der Waals surface area contributed by atoms with Gasteiger partial charge in [-0.2, -0.15) is 0 Å². The van der Waals surface area contributed by atoms with Crippen LogP contribution in [-0.2, 0) is 4.74 Å². The van der Waals surface area contributed by atoms with E-state index in [0.29, 0.717) is 17.9 Å². The summed E-state index contributed by atoms with van der Waals surface area (Å²) in [7, 11) is 2.61. The van der Waals surface area contributed by atoms with Crippen LogP contribution in [0.2, 0.25) is 0 Å². The van der Waals surface area contributed by atoms with Gasteiger partial charge in [0.25, 0.3) is 11.6 Å². The maximum Gasteiger partial charge on any atom is 0.337 e. The molecule has 0 saturated heterocycles. The molecule has 0 fully saturated rings. The van der Waals surface area contributed by atoms with Crippen LogP contribution in [0, 0.1) is 10.1 Å². The molecule has 0 heterocycles. The van der Waals surface area contributed by atoms with Crippen molar-refractivity contribution in [1.82, 2.24) is 0 Å². The highest BCUT2D eigenvalue weighted by molar-refractivity contribution is 6.07. The van der Waals surface area contributed by atoms with E-state index in [-0.39, 0.29) is 17.1 Å². The molecule has 2 aromatic carbocycles. The Labute approximate surface area is 155 Å². The van der Waals surface area contributed by atoms with E-state index in [0.717, 1.165) is 6.07 Å². The Hall–Kier alpha value is -3.62. The van der Waals surface area contributed by atoms with E-state index in [1.807, 2.05) is 0 Å². The lowest BCUT2D eigenvalue weighted by molar-refractivity contribution is -0.385. The minimum Gasteiger partial charge on any atom is -0.493 e. The molecule has 0 aliphatic rings. The van der Waals surface area contributed by atoms with Crippen molar-refractivity contribution in [2.75, 3.05) is 26.1 Å². The molecule has 9 nitrogen and oxygen atoms in total. The summed E-state index contributed by atoms with van der Waals surface area (Å²) < 4.78 is 15.1. The minimum absolute atomic E-state index is 0.155. The molecular formula is C18H18N2O7. The number of nitrogens with zero attached hydrogens (tertiary/aromatic N) is 1. The van der Waals surface area contributed by atoms with Gasteiger partial charge in [0.1, 0.15) is 5.56 Å². The maximum atomic E-state index is 12.6. The van der Waals surface area contributed by atoms with Gasteiger partial charge >= 0.3 is 5.97 Å². The van der Waals surface area contributed by atoms with Crippen molar-refractivity contribution in [2.24, 2.45) is 0 Å². The Morgan fingerprint density at radius 3 is 2.30 bits per heavy atom. The highest BCUT2D eigenvalue weighted by Gasteiger charge is 2.25. The van der Waals surface area contributed by atoms with Crippen LogP contribution in [0.1, 0.15) is 27.6 Å². The van der Waals surface area contributed by atoms with E-state index >= 15 is 0 Å². The molecule has 0 unspecified atom stereocenters. The van der Waals surface area contributed by atoms with Crippen LogP contribution in [0.15, 0.2) is 36.4 Å². The fraction of sp³-hybridized carbons (Fsp3) is 0.222. The molecule has 27 heavy (non-hydrogen) atoms. The number of ether oxygens (including phenoxy) is 3. The van der Waals surface area contributed by atoms with Gasteiger partial charge in [-0.3, -0.25) is 14.9 Å². The largest absolute Gasteiger partial charge is 0.493 e. The van der Waals surface area contributed by atoms with Gasteiger partial charge in [-0.15, -0.1) is 0 Å². The molecule has 1 amide bonds. The zero-order chi connectivity index (χ0) is 20.0. The van der Waals surface area contributed by atoms with E-state index in [2.05, 4.69) is 10.1 Å². The monoisotopic (exact) mass is 374 g/mol. The first-order chi connectivity index (χ1) is 12.9. The van der Waals surface area contributed by atoms with E-state index < -0.39 is 22.5 Å². The number of esters is 1. The molecule has 0 aromatic heterocycles. The van der Waals surface area contributed by atoms with Gasteiger partial charge in [0.2, 0.25) is 0 Å². The molecule has 0 bridgehead atoms. The van der Waals surface area contributed by atoms with Crippen LogP contribution in [0.25, 0.3) is 0 Å². The number of amides is 1. The second-order valence-electron chi connectivity index (χ2n) is 5.23. The lowest BCUT2D eigenvalue weighted by atomic mass is 10.1. The molecule has 1 N–H and O–H groups in total. The number of carbonyl (C=O) groups is 2. The predicted octanol–water partition coefficient (Wildman–Crippen LogP) is 3.04. The van der Waals surface area contributed by atoms with Gasteiger partial charge < -0.3 is 19.5 Å². The van der Waals surface area contributed by atoms with Crippen LogP contribution in [0.3, 0.4) is 0 Å². The topological polar surface area (TPSA) is 117 Å². The molecule has 0 aliphatic carbocycles. The van der Waals surface area contributed by atoms with Gasteiger partial charge in [-0.1, -0.05) is 0 Å². The number of carbonyl (C=O) groups excluding carboxylic acids is 2. The second-order valence-corrected chi connectivity index (χ2v) is 5.23. The first-order valence-corrected chi connectivity index (χ1v) is 7.90. The Balaban J connectivity index is 2.35. The van der Waals surface area contributed by atoms with Crippen LogP contribution in [-0.4, -0.2) is 37.6 Å². The highest BCUT2D eigenvalue weighted by atomic mass is 16.6. The number of hydrogen-bond acceptors (Lipinski definition) is 7. The number of methoxy groups -OCH3 is 2. The fourth-order valence-electron chi connectivity index (χ4n) is 2.32. The van der Waals surface area contributed by atoms with E-state index in [9.17, 15) is 19.7 Å². The molecule has 0 saturated carbocycles. The number of nitro benzene ring substituents is 1. The second kappa shape index (κ2) is 8.65. The maximum absolute atomic E-state index is 12.6. The van der Waals surface area contributed by atoms with Crippen molar-refractivity contribution in [3.8, 4) is 11.5 Å². The zero-order valence-electron chi connectivity index (χ0n) is 15.0. The van der Waals surface area contributed by atoms with Crippen LogP contribution >= 0.6 is 0 Å².